The molecule has 0 bridgehead atoms. The van der Waals surface area contributed by atoms with Gasteiger partial charge < -0.3 is 14.9 Å². The molecule has 1 aromatic heterocycles. The number of aromatic hydroxyl groups is 2. The third-order valence-corrected chi connectivity index (χ3v) is 6.45. The molecule has 0 aliphatic rings. The second-order valence-electron chi connectivity index (χ2n) is 9.44. The van der Waals surface area contributed by atoms with Crippen molar-refractivity contribution in [2.75, 3.05) is 6.61 Å². The highest BCUT2D eigenvalue weighted by Crippen LogP contribution is 2.32. The number of aromatic nitrogens is 3. The minimum Gasteiger partial charge on any atom is -0.507 e. The van der Waals surface area contributed by atoms with Crippen molar-refractivity contribution >= 4 is 5.97 Å². The number of carbonyl (C=O) groups excluding carboxylic acids is 1. The van der Waals surface area contributed by atoms with E-state index in [1.807, 2.05) is 0 Å². The summed E-state index contributed by atoms with van der Waals surface area (Å²) in [7, 11) is 0. The van der Waals surface area contributed by atoms with Gasteiger partial charge in [-0.15, -0.1) is 0 Å². The molecule has 0 aliphatic carbocycles. The first-order valence-corrected chi connectivity index (χ1v) is 13.1. The summed E-state index contributed by atoms with van der Waals surface area (Å²) in [4.78, 5) is 26.3. The molecule has 0 amide bonds. The van der Waals surface area contributed by atoms with Gasteiger partial charge in [-0.1, -0.05) is 75.9 Å². The van der Waals surface area contributed by atoms with E-state index in [4.69, 9.17) is 4.74 Å². The summed E-state index contributed by atoms with van der Waals surface area (Å²) in [6.45, 7) is 4.79. The van der Waals surface area contributed by atoms with Gasteiger partial charge in [-0.2, -0.15) is 0 Å². The minimum atomic E-state index is -0.363. The van der Waals surface area contributed by atoms with Crippen LogP contribution in [0, 0.1) is 5.92 Å². The lowest BCUT2D eigenvalue weighted by molar-refractivity contribution is 0.0483. The van der Waals surface area contributed by atoms with Gasteiger partial charge in [0.1, 0.15) is 11.5 Å². The zero-order valence-corrected chi connectivity index (χ0v) is 21.8. The van der Waals surface area contributed by atoms with Crippen LogP contribution < -0.4 is 0 Å². The average Bonchev–Trinajstić information content (AvgIpc) is 2.93. The number of ether oxygens (including phenoxy) is 1. The lowest BCUT2D eigenvalue weighted by atomic mass is 10.0. The Morgan fingerprint density at radius 1 is 0.763 bits per heavy atom. The molecule has 1 atom stereocenters. The number of phenolic OH excluding ortho intramolecular Hbond substituents is 2. The van der Waals surface area contributed by atoms with Gasteiger partial charge in [-0.3, -0.25) is 0 Å². The van der Waals surface area contributed by atoms with Gasteiger partial charge in [0, 0.05) is 5.56 Å². The van der Waals surface area contributed by atoms with Crippen LogP contribution in [0.5, 0.6) is 11.5 Å². The van der Waals surface area contributed by atoms with E-state index in [1.165, 1.54) is 19.3 Å². The number of phenols is 2. The summed E-state index contributed by atoms with van der Waals surface area (Å²) in [6.07, 6.45) is 5.65. The third-order valence-electron chi connectivity index (χ3n) is 6.45. The predicted octanol–water partition coefficient (Wildman–Crippen LogP) is 7.05. The molecule has 4 aromatic rings. The number of nitrogens with zero attached hydrogens (tertiary/aromatic N) is 3. The second-order valence-corrected chi connectivity index (χ2v) is 9.44. The zero-order chi connectivity index (χ0) is 26.9. The van der Waals surface area contributed by atoms with Crippen LogP contribution >= 0.6 is 0 Å². The number of rotatable bonds is 11. The lowest BCUT2D eigenvalue weighted by Crippen LogP contribution is -2.09. The first-order chi connectivity index (χ1) is 18.5. The summed E-state index contributed by atoms with van der Waals surface area (Å²) in [5, 5.41) is 20.8. The Hall–Kier alpha value is -4.26. The van der Waals surface area contributed by atoms with Crippen molar-refractivity contribution in [3.8, 4) is 45.7 Å². The molecule has 196 valence electrons. The van der Waals surface area contributed by atoms with E-state index in [2.05, 4.69) is 28.8 Å². The molecular weight excluding hydrogens is 478 g/mol. The topological polar surface area (TPSA) is 105 Å². The highest BCUT2D eigenvalue weighted by molar-refractivity contribution is 5.90. The summed E-state index contributed by atoms with van der Waals surface area (Å²) >= 11 is 0. The molecule has 0 aliphatic heterocycles. The Balaban J connectivity index is 1.55. The van der Waals surface area contributed by atoms with E-state index >= 15 is 0 Å². The van der Waals surface area contributed by atoms with Gasteiger partial charge in [0.15, 0.2) is 17.5 Å². The van der Waals surface area contributed by atoms with E-state index < -0.39 is 0 Å². The fourth-order valence-electron chi connectivity index (χ4n) is 4.15. The summed E-state index contributed by atoms with van der Waals surface area (Å²) < 4.78 is 5.50. The number of hydrogen-bond donors (Lipinski definition) is 2. The van der Waals surface area contributed by atoms with Crippen LogP contribution in [0.2, 0.25) is 0 Å². The van der Waals surface area contributed by atoms with E-state index in [-0.39, 0.29) is 29.1 Å². The molecule has 0 radical (unpaired) electrons. The number of carbonyl (C=O) groups is 1. The van der Waals surface area contributed by atoms with Crippen LogP contribution in [-0.2, 0) is 4.74 Å². The normalized spacial score (nSPS) is 11.7. The van der Waals surface area contributed by atoms with Crippen molar-refractivity contribution in [3.05, 3.63) is 78.4 Å². The molecule has 0 fully saturated rings. The van der Waals surface area contributed by atoms with E-state index in [0.717, 1.165) is 12.8 Å². The quantitative estimate of drug-likeness (QED) is 0.164. The van der Waals surface area contributed by atoms with Crippen molar-refractivity contribution in [2.24, 2.45) is 5.92 Å². The number of para-hydroxylation sites is 2. The Bertz CT molecular complexity index is 1310. The number of unbranched alkanes of at least 4 members (excludes halogenated alkanes) is 2. The molecule has 7 nitrogen and oxygen atoms in total. The van der Waals surface area contributed by atoms with Crippen molar-refractivity contribution < 1.29 is 19.7 Å². The minimum absolute atomic E-state index is 0.0330. The smallest absolute Gasteiger partial charge is 0.338 e. The molecule has 0 saturated heterocycles. The molecule has 1 unspecified atom stereocenters. The van der Waals surface area contributed by atoms with Crippen LogP contribution in [0.25, 0.3) is 34.2 Å². The van der Waals surface area contributed by atoms with Crippen LogP contribution in [-0.4, -0.2) is 37.7 Å². The van der Waals surface area contributed by atoms with Crippen LogP contribution in [0.3, 0.4) is 0 Å². The Morgan fingerprint density at radius 3 is 1.87 bits per heavy atom. The Morgan fingerprint density at radius 2 is 1.32 bits per heavy atom. The number of esters is 1. The molecule has 1 heterocycles. The Kier molecular flexibility index (Phi) is 9.03. The SMILES string of the molecule is CCCCCC(C)CCOC(=O)c1ccc(-c2nc(-c3ccccc3O)nc(-c3ccccc3O)n2)cc1. The van der Waals surface area contributed by atoms with Crippen molar-refractivity contribution in [1.82, 2.24) is 15.0 Å². The molecule has 2 N–H and O–H groups in total. The highest BCUT2D eigenvalue weighted by Gasteiger charge is 2.17. The van der Waals surface area contributed by atoms with Gasteiger partial charge in [-0.05, 0) is 48.7 Å². The summed E-state index contributed by atoms with van der Waals surface area (Å²) in [6, 6.07) is 20.4. The van der Waals surface area contributed by atoms with Gasteiger partial charge in [0.2, 0.25) is 0 Å². The Labute approximate surface area is 223 Å². The van der Waals surface area contributed by atoms with Crippen LogP contribution in [0.4, 0.5) is 0 Å². The number of benzene rings is 3. The maximum Gasteiger partial charge on any atom is 0.338 e. The highest BCUT2D eigenvalue weighted by atomic mass is 16.5. The fraction of sp³-hybridized carbons (Fsp3) is 0.290. The predicted molar refractivity (Wildman–Crippen MR) is 148 cm³/mol. The van der Waals surface area contributed by atoms with Crippen molar-refractivity contribution in [3.63, 3.8) is 0 Å². The lowest BCUT2D eigenvalue weighted by Gasteiger charge is -2.12. The van der Waals surface area contributed by atoms with Gasteiger partial charge in [-0.25, -0.2) is 19.7 Å². The van der Waals surface area contributed by atoms with Crippen LogP contribution in [0.1, 0.15) is 56.3 Å². The monoisotopic (exact) mass is 511 g/mol. The summed E-state index contributed by atoms with van der Waals surface area (Å²) in [5.41, 5.74) is 1.99. The molecule has 38 heavy (non-hydrogen) atoms. The maximum atomic E-state index is 12.6. The zero-order valence-electron chi connectivity index (χ0n) is 21.8. The van der Waals surface area contributed by atoms with E-state index in [1.54, 1.807) is 72.8 Å². The molecule has 0 spiro atoms. The fourth-order valence-corrected chi connectivity index (χ4v) is 4.15. The molecular formula is C31H33N3O4. The molecule has 7 heteroatoms. The third kappa shape index (κ3) is 6.73. The van der Waals surface area contributed by atoms with Crippen LogP contribution in [0.15, 0.2) is 72.8 Å². The largest absolute Gasteiger partial charge is 0.507 e. The second kappa shape index (κ2) is 12.8. The van der Waals surface area contributed by atoms with Crippen molar-refractivity contribution in [1.29, 1.82) is 0 Å². The van der Waals surface area contributed by atoms with Gasteiger partial charge >= 0.3 is 5.97 Å². The van der Waals surface area contributed by atoms with E-state index in [0.29, 0.717) is 40.6 Å². The standard InChI is InChI=1S/C31H33N3O4/c1-3-4-5-10-21(2)19-20-38-31(37)23-17-15-22(16-18-23)28-32-29(24-11-6-8-13-26(24)35)34-30(33-28)25-12-7-9-14-27(25)36/h6-9,11-18,21,35-36H,3-5,10,19-20H2,1-2H3. The summed E-state index contributed by atoms with van der Waals surface area (Å²) in [5.74, 6) is 1.11. The molecule has 4 rings (SSSR count). The molecule has 3 aromatic carbocycles. The first kappa shape index (κ1) is 26.8. The average molecular weight is 512 g/mol. The number of hydrogen-bond acceptors (Lipinski definition) is 7. The van der Waals surface area contributed by atoms with Gasteiger partial charge in [0.25, 0.3) is 0 Å². The van der Waals surface area contributed by atoms with Gasteiger partial charge in [0.05, 0.1) is 23.3 Å². The van der Waals surface area contributed by atoms with Crippen molar-refractivity contribution in [2.45, 2.75) is 46.0 Å². The molecule has 0 saturated carbocycles. The van der Waals surface area contributed by atoms with E-state index in [9.17, 15) is 15.0 Å². The maximum absolute atomic E-state index is 12.6. The first-order valence-electron chi connectivity index (χ1n) is 13.1.